The van der Waals surface area contributed by atoms with Crippen molar-refractivity contribution in [2.75, 3.05) is 5.73 Å². The van der Waals surface area contributed by atoms with Crippen LogP contribution in [0.4, 0.5) is 10.1 Å². The fourth-order valence-corrected chi connectivity index (χ4v) is 7.49. The summed E-state index contributed by atoms with van der Waals surface area (Å²) in [5.41, 5.74) is 7.71. The smallest absolute Gasteiger partial charge is 0.283 e. The Hall–Kier alpha value is -4.55. The Morgan fingerprint density at radius 2 is 1.44 bits per heavy atom. The fraction of sp³-hybridized carbons (Fsp3) is 0.0370. The zero-order valence-corrected chi connectivity index (χ0v) is 22.0. The maximum Gasteiger partial charge on any atom is 0.283 e. The molecule has 0 bridgehead atoms. The van der Waals surface area contributed by atoms with Crippen molar-refractivity contribution < 1.29 is 21.2 Å². The number of benzene rings is 3. The lowest BCUT2D eigenvalue weighted by Gasteiger charge is -2.11. The number of aryl methyl sites for hydroxylation is 1. The van der Waals surface area contributed by atoms with Gasteiger partial charge in [0.25, 0.3) is 20.0 Å². The van der Waals surface area contributed by atoms with Gasteiger partial charge in [0.05, 0.1) is 20.7 Å². The Morgan fingerprint density at radius 3 is 2.08 bits per heavy atom. The number of aromatic nitrogens is 4. The third kappa shape index (κ3) is 3.79. The predicted molar refractivity (Wildman–Crippen MR) is 146 cm³/mol. The van der Waals surface area contributed by atoms with E-state index in [1.165, 1.54) is 42.6 Å². The molecule has 0 unspecified atom stereocenters. The normalized spacial score (nSPS) is 12.4. The maximum atomic E-state index is 14.9. The molecular weight excluding hydrogens is 541 g/mol. The lowest BCUT2D eigenvalue weighted by molar-refractivity contribution is 0.556. The molecule has 0 spiro atoms. The number of hydrogen-bond acceptors (Lipinski definition) is 7. The summed E-state index contributed by atoms with van der Waals surface area (Å²) < 4.78 is 70.3. The molecule has 0 aliphatic rings. The van der Waals surface area contributed by atoms with Crippen molar-refractivity contribution in [3.8, 4) is 11.1 Å². The van der Waals surface area contributed by atoms with Gasteiger partial charge < -0.3 is 5.73 Å². The van der Waals surface area contributed by atoms with Crippen molar-refractivity contribution in [2.24, 2.45) is 0 Å². The summed E-state index contributed by atoms with van der Waals surface area (Å²) in [7, 11) is -8.20. The Bertz CT molecular complexity index is 2120. The summed E-state index contributed by atoms with van der Waals surface area (Å²) in [6.45, 7) is 1.65. The highest BCUT2D eigenvalue weighted by Gasteiger charge is 2.27. The number of hydrogen-bond donors (Lipinski definition) is 1. The SMILES string of the molecule is Cc1cc2c(-c3cc(N)c4c(F)nn(S(=O)(=O)c5ccccc5)c4c3)ccnc2n1S(=O)(=O)c1ccccc1. The van der Waals surface area contributed by atoms with Gasteiger partial charge in [-0.25, -0.2) is 17.4 Å². The quantitative estimate of drug-likeness (QED) is 0.306. The van der Waals surface area contributed by atoms with Gasteiger partial charge in [0.1, 0.15) is 0 Å². The van der Waals surface area contributed by atoms with Crippen LogP contribution < -0.4 is 5.73 Å². The molecule has 2 N–H and O–H groups in total. The molecule has 0 fully saturated rings. The second kappa shape index (κ2) is 8.75. The fourth-order valence-electron chi connectivity index (χ4n) is 4.69. The summed E-state index contributed by atoms with van der Waals surface area (Å²) in [5, 5.41) is 4.02. The van der Waals surface area contributed by atoms with E-state index in [0.717, 1.165) is 3.97 Å². The molecule has 12 heteroatoms. The van der Waals surface area contributed by atoms with E-state index in [1.54, 1.807) is 55.5 Å². The van der Waals surface area contributed by atoms with Crippen LogP contribution in [0.25, 0.3) is 33.1 Å². The summed E-state index contributed by atoms with van der Waals surface area (Å²) in [6.07, 6.45) is 1.45. The summed E-state index contributed by atoms with van der Waals surface area (Å²) >= 11 is 0. The third-order valence-electron chi connectivity index (χ3n) is 6.44. The van der Waals surface area contributed by atoms with Crippen LogP contribution in [0.5, 0.6) is 0 Å². The highest BCUT2D eigenvalue weighted by Crippen LogP contribution is 2.37. The van der Waals surface area contributed by atoms with Crippen LogP contribution in [-0.2, 0) is 20.0 Å². The molecule has 6 aromatic rings. The van der Waals surface area contributed by atoms with Crippen LogP contribution in [0.15, 0.2) is 101 Å². The number of nitrogens with two attached hydrogens (primary N) is 1. The minimum absolute atomic E-state index is 0.0208. The highest BCUT2D eigenvalue weighted by molar-refractivity contribution is 7.90. The molecule has 39 heavy (non-hydrogen) atoms. The average molecular weight is 562 g/mol. The van der Waals surface area contributed by atoms with Crippen LogP contribution in [-0.4, -0.2) is 35.0 Å². The van der Waals surface area contributed by atoms with Crippen LogP contribution in [0.1, 0.15) is 5.69 Å². The molecule has 3 aromatic carbocycles. The first-order valence-electron chi connectivity index (χ1n) is 11.7. The second-order valence-electron chi connectivity index (χ2n) is 8.88. The van der Waals surface area contributed by atoms with Gasteiger partial charge in [0, 0.05) is 23.0 Å². The predicted octanol–water partition coefficient (Wildman–Crippen LogP) is 4.56. The molecule has 6 rings (SSSR count). The minimum Gasteiger partial charge on any atom is -0.398 e. The number of pyridine rings is 1. The number of rotatable bonds is 5. The monoisotopic (exact) mass is 561 g/mol. The van der Waals surface area contributed by atoms with Gasteiger partial charge >= 0.3 is 0 Å². The lowest BCUT2D eigenvalue weighted by atomic mass is 10.0. The molecule has 0 saturated heterocycles. The van der Waals surface area contributed by atoms with E-state index in [-0.39, 0.29) is 32.0 Å². The zero-order chi connectivity index (χ0) is 27.5. The van der Waals surface area contributed by atoms with Crippen molar-refractivity contribution in [2.45, 2.75) is 16.7 Å². The molecule has 0 aliphatic carbocycles. The second-order valence-corrected chi connectivity index (χ2v) is 12.4. The first kappa shape index (κ1) is 24.8. The average Bonchev–Trinajstić information content (AvgIpc) is 3.46. The van der Waals surface area contributed by atoms with Crippen LogP contribution in [0.3, 0.4) is 0 Å². The van der Waals surface area contributed by atoms with Crippen molar-refractivity contribution >= 4 is 47.7 Å². The molecule has 3 aromatic heterocycles. The van der Waals surface area contributed by atoms with Crippen LogP contribution in [0, 0.1) is 12.9 Å². The summed E-state index contributed by atoms with van der Waals surface area (Å²) in [6, 6.07) is 21.9. The summed E-state index contributed by atoms with van der Waals surface area (Å²) in [4.78, 5) is 4.38. The Morgan fingerprint density at radius 1 is 0.821 bits per heavy atom. The van der Waals surface area contributed by atoms with E-state index >= 15 is 0 Å². The van der Waals surface area contributed by atoms with Gasteiger partial charge in [-0.3, -0.25) is 0 Å². The lowest BCUT2D eigenvalue weighted by Crippen LogP contribution is -2.14. The van der Waals surface area contributed by atoms with Crippen molar-refractivity contribution in [1.29, 1.82) is 0 Å². The molecule has 0 atom stereocenters. The Balaban J connectivity index is 1.59. The van der Waals surface area contributed by atoms with Crippen LogP contribution in [0.2, 0.25) is 0 Å². The van der Waals surface area contributed by atoms with Crippen LogP contribution >= 0.6 is 0 Å². The molecule has 196 valence electrons. The van der Waals surface area contributed by atoms with Crippen molar-refractivity contribution in [3.63, 3.8) is 0 Å². The maximum absolute atomic E-state index is 14.9. The zero-order valence-electron chi connectivity index (χ0n) is 20.4. The standard InChI is InChI=1S/C27H20FN5O4S2/c1-17-14-22-21(12-13-30-27(22)32(17)38(34,35)19-8-4-2-5-9-19)18-15-23(29)25-24(16-18)33(31-26(25)28)39(36,37)20-10-6-3-7-11-20/h2-16H,29H2,1H3. The van der Waals surface area contributed by atoms with E-state index < -0.39 is 26.0 Å². The highest BCUT2D eigenvalue weighted by atomic mass is 32.2. The van der Waals surface area contributed by atoms with E-state index in [0.29, 0.717) is 26.3 Å². The summed E-state index contributed by atoms with van der Waals surface area (Å²) in [5.74, 6) is -1.02. The van der Waals surface area contributed by atoms with E-state index in [1.807, 2.05) is 0 Å². The third-order valence-corrected chi connectivity index (χ3v) is 9.85. The van der Waals surface area contributed by atoms with E-state index in [4.69, 9.17) is 5.73 Å². The van der Waals surface area contributed by atoms with Gasteiger partial charge in [-0.05, 0) is 66.6 Å². The molecule has 0 aliphatic heterocycles. The molecule has 0 saturated carbocycles. The van der Waals surface area contributed by atoms with Crippen molar-refractivity contribution in [1.82, 2.24) is 18.1 Å². The first-order chi connectivity index (χ1) is 18.6. The van der Waals surface area contributed by atoms with Gasteiger partial charge in [-0.2, -0.15) is 16.9 Å². The van der Waals surface area contributed by atoms with Crippen molar-refractivity contribution in [3.05, 3.63) is 103 Å². The van der Waals surface area contributed by atoms with Gasteiger partial charge in [-0.1, -0.05) is 36.4 Å². The molecule has 9 nitrogen and oxygen atoms in total. The molecule has 0 radical (unpaired) electrons. The first-order valence-corrected chi connectivity index (χ1v) is 14.5. The van der Waals surface area contributed by atoms with E-state index in [9.17, 15) is 21.2 Å². The number of anilines is 1. The Kier molecular flexibility index (Phi) is 5.56. The Labute approximate surface area is 223 Å². The number of nitrogens with zero attached hydrogens (tertiary/aromatic N) is 4. The van der Waals surface area contributed by atoms with Gasteiger partial charge in [0.15, 0.2) is 5.65 Å². The number of fused-ring (bicyclic) bond motifs is 2. The topological polar surface area (TPSA) is 130 Å². The largest absolute Gasteiger partial charge is 0.398 e. The number of nitrogen functional groups attached to an aromatic ring is 1. The molecule has 3 heterocycles. The minimum atomic E-state index is -4.24. The van der Waals surface area contributed by atoms with Gasteiger partial charge in [-0.15, -0.1) is 5.10 Å². The molecule has 0 amide bonds. The van der Waals surface area contributed by atoms with E-state index in [2.05, 4.69) is 10.1 Å². The van der Waals surface area contributed by atoms with Gasteiger partial charge in [0.2, 0.25) is 5.95 Å². The molecular formula is C27H20FN5O4S2. The number of halogens is 1.